The fourth-order valence-corrected chi connectivity index (χ4v) is 1.80. The van der Waals surface area contributed by atoms with Crippen molar-refractivity contribution < 1.29 is 15.3 Å². The summed E-state index contributed by atoms with van der Waals surface area (Å²) in [5.74, 6) is -0.288. The van der Waals surface area contributed by atoms with E-state index in [0.717, 1.165) is 12.0 Å². The molecule has 3 nitrogen and oxygen atoms in total. The normalized spacial score (nSPS) is 10.1. The molecule has 1 rings (SSSR count). The number of hydrogen-bond acceptors (Lipinski definition) is 3. The summed E-state index contributed by atoms with van der Waals surface area (Å²) in [5.41, 5.74) is 4.01. The zero-order chi connectivity index (χ0) is 14.6. The van der Waals surface area contributed by atoms with Crippen molar-refractivity contribution in [2.24, 2.45) is 0 Å². The zero-order valence-electron chi connectivity index (χ0n) is 12.0. The summed E-state index contributed by atoms with van der Waals surface area (Å²) in [7, 11) is 0. The highest BCUT2D eigenvalue weighted by atomic mass is 16.3. The second-order valence-electron chi connectivity index (χ2n) is 5.23. The van der Waals surface area contributed by atoms with Gasteiger partial charge in [0.05, 0.1) is 0 Å². The van der Waals surface area contributed by atoms with Gasteiger partial charge in [-0.25, -0.2) is 0 Å². The van der Waals surface area contributed by atoms with Crippen LogP contribution in [0, 0.1) is 0 Å². The van der Waals surface area contributed by atoms with Crippen LogP contribution in [-0.2, 0) is 6.42 Å². The van der Waals surface area contributed by atoms with Gasteiger partial charge in [0, 0.05) is 24.1 Å². The highest BCUT2D eigenvalue weighted by Gasteiger charge is 2.12. The molecule has 0 bridgehead atoms. The molecule has 0 aliphatic rings. The SMILES string of the molecule is CC(C)=CCC(Cc1c(O)cc(O)cc1O)=C(C)C. The lowest BCUT2D eigenvalue weighted by Crippen LogP contribution is -1.94. The van der Waals surface area contributed by atoms with E-state index in [1.165, 1.54) is 23.3 Å². The van der Waals surface area contributed by atoms with Crippen LogP contribution >= 0.6 is 0 Å². The number of rotatable bonds is 4. The molecule has 0 unspecified atom stereocenters. The summed E-state index contributed by atoms with van der Waals surface area (Å²) >= 11 is 0. The lowest BCUT2D eigenvalue weighted by atomic mass is 9.96. The first-order valence-electron chi connectivity index (χ1n) is 6.33. The van der Waals surface area contributed by atoms with Gasteiger partial charge in [-0.05, 0) is 34.1 Å². The lowest BCUT2D eigenvalue weighted by molar-refractivity contribution is 0.420. The molecule has 0 saturated heterocycles. The van der Waals surface area contributed by atoms with Crippen LogP contribution in [-0.4, -0.2) is 15.3 Å². The van der Waals surface area contributed by atoms with Crippen LogP contribution in [0.5, 0.6) is 17.2 Å². The molecule has 0 aromatic heterocycles. The van der Waals surface area contributed by atoms with Crippen molar-refractivity contribution in [2.75, 3.05) is 0 Å². The molecule has 0 aliphatic carbocycles. The van der Waals surface area contributed by atoms with Crippen LogP contribution in [0.2, 0.25) is 0 Å². The molecule has 0 amide bonds. The Hall–Kier alpha value is -1.90. The maximum Gasteiger partial charge on any atom is 0.126 e. The maximum absolute atomic E-state index is 9.82. The van der Waals surface area contributed by atoms with Crippen molar-refractivity contribution in [1.29, 1.82) is 0 Å². The van der Waals surface area contributed by atoms with Crippen molar-refractivity contribution in [3.63, 3.8) is 0 Å². The predicted molar refractivity (Wildman–Crippen MR) is 77.6 cm³/mol. The van der Waals surface area contributed by atoms with E-state index in [2.05, 4.69) is 6.08 Å². The Morgan fingerprint density at radius 1 is 1.00 bits per heavy atom. The van der Waals surface area contributed by atoms with E-state index in [0.29, 0.717) is 12.0 Å². The molecule has 104 valence electrons. The Balaban J connectivity index is 3.05. The van der Waals surface area contributed by atoms with Gasteiger partial charge < -0.3 is 15.3 Å². The second kappa shape index (κ2) is 6.32. The number of benzene rings is 1. The first kappa shape index (κ1) is 15.2. The lowest BCUT2D eigenvalue weighted by Gasteiger charge is -2.12. The van der Waals surface area contributed by atoms with Crippen LogP contribution in [0.4, 0.5) is 0 Å². The molecule has 3 N–H and O–H groups in total. The summed E-state index contributed by atoms with van der Waals surface area (Å²) in [5, 5.41) is 28.9. The molecular weight excluding hydrogens is 240 g/mol. The second-order valence-corrected chi connectivity index (χ2v) is 5.23. The number of phenolic OH excluding ortho intramolecular Hbond substituents is 3. The zero-order valence-corrected chi connectivity index (χ0v) is 12.0. The predicted octanol–water partition coefficient (Wildman–Crippen LogP) is 4.04. The van der Waals surface area contributed by atoms with E-state index in [1.54, 1.807) is 0 Å². The minimum Gasteiger partial charge on any atom is -0.508 e. The van der Waals surface area contributed by atoms with E-state index < -0.39 is 0 Å². The molecule has 0 spiro atoms. The van der Waals surface area contributed by atoms with E-state index in [4.69, 9.17) is 0 Å². The van der Waals surface area contributed by atoms with Gasteiger partial charge in [-0.15, -0.1) is 0 Å². The summed E-state index contributed by atoms with van der Waals surface area (Å²) < 4.78 is 0. The standard InChI is InChI=1S/C16H22O3/c1-10(2)5-6-12(11(3)4)7-14-15(18)8-13(17)9-16(14)19/h5,8-9,17-19H,6-7H2,1-4H3. The van der Waals surface area contributed by atoms with Crippen LogP contribution in [0.15, 0.2) is 34.9 Å². The van der Waals surface area contributed by atoms with Gasteiger partial charge in [0.1, 0.15) is 17.2 Å². The van der Waals surface area contributed by atoms with Crippen LogP contribution in [0.25, 0.3) is 0 Å². The largest absolute Gasteiger partial charge is 0.508 e. The van der Waals surface area contributed by atoms with Crippen LogP contribution in [0.1, 0.15) is 39.7 Å². The molecular formula is C16H22O3. The fraction of sp³-hybridized carbons (Fsp3) is 0.375. The summed E-state index contributed by atoms with van der Waals surface area (Å²) in [4.78, 5) is 0. The third-order valence-electron chi connectivity index (χ3n) is 3.04. The quantitative estimate of drug-likeness (QED) is 0.718. The van der Waals surface area contributed by atoms with Crippen molar-refractivity contribution in [2.45, 2.75) is 40.5 Å². The third-order valence-corrected chi connectivity index (χ3v) is 3.04. The van der Waals surface area contributed by atoms with Gasteiger partial charge in [-0.3, -0.25) is 0 Å². The first-order valence-corrected chi connectivity index (χ1v) is 6.33. The van der Waals surface area contributed by atoms with Crippen molar-refractivity contribution in [3.8, 4) is 17.2 Å². The smallest absolute Gasteiger partial charge is 0.126 e. The van der Waals surface area contributed by atoms with Gasteiger partial charge >= 0.3 is 0 Å². The van der Waals surface area contributed by atoms with E-state index in [1.807, 2.05) is 27.7 Å². The first-order chi connectivity index (χ1) is 8.81. The van der Waals surface area contributed by atoms with Gasteiger partial charge in [0.2, 0.25) is 0 Å². The van der Waals surface area contributed by atoms with Crippen LogP contribution in [0.3, 0.4) is 0 Å². The molecule has 19 heavy (non-hydrogen) atoms. The monoisotopic (exact) mass is 262 g/mol. The van der Waals surface area contributed by atoms with Gasteiger partial charge in [-0.2, -0.15) is 0 Å². The van der Waals surface area contributed by atoms with Gasteiger partial charge in [0.15, 0.2) is 0 Å². The topological polar surface area (TPSA) is 60.7 Å². The van der Waals surface area contributed by atoms with Crippen molar-refractivity contribution >= 4 is 0 Å². The summed E-state index contributed by atoms with van der Waals surface area (Å²) in [6.07, 6.45) is 3.39. The Labute approximate surface area is 114 Å². The van der Waals surface area contributed by atoms with Crippen molar-refractivity contribution in [1.82, 2.24) is 0 Å². The van der Waals surface area contributed by atoms with Gasteiger partial charge in [-0.1, -0.05) is 22.8 Å². The van der Waals surface area contributed by atoms with E-state index in [9.17, 15) is 15.3 Å². The van der Waals surface area contributed by atoms with E-state index in [-0.39, 0.29) is 17.2 Å². The third kappa shape index (κ3) is 4.36. The molecule has 1 aromatic rings. The highest BCUT2D eigenvalue weighted by molar-refractivity contribution is 5.50. The molecule has 0 atom stereocenters. The van der Waals surface area contributed by atoms with E-state index >= 15 is 0 Å². The Morgan fingerprint density at radius 2 is 1.53 bits per heavy atom. The molecule has 3 heteroatoms. The Bertz CT molecular complexity index is 494. The Morgan fingerprint density at radius 3 is 1.95 bits per heavy atom. The Kier molecular flexibility index (Phi) is 5.04. The molecule has 0 heterocycles. The highest BCUT2D eigenvalue weighted by Crippen LogP contribution is 2.34. The summed E-state index contributed by atoms with van der Waals surface area (Å²) in [6.45, 7) is 8.11. The summed E-state index contributed by atoms with van der Waals surface area (Å²) in [6, 6.07) is 2.50. The molecule has 1 aromatic carbocycles. The molecule has 0 aliphatic heterocycles. The molecule has 0 fully saturated rings. The van der Waals surface area contributed by atoms with Crippen LogP contribution < -0.4 is 0 Å². The fourth-order valence-electron chi connectivity index (χ4n) is 1.80. The average Bonchev–Trinajstić information content (AvgIpc) is 2.25. The van der Waals surface area contributed by atoms with Crippen molar-refractivity contribution in [3.05, 3.63) is 40.5 Å². The average molecular weight is 262 g/mol. The maximum atomic E-state index is 9.82. The minimum absolute atomic E-state index is 0.0755. The number of phenols is 3. The molecule has 0 radical (unpaired) electrons. The van der Waals surface area contributed by atoms with Gasteiger partial charge in [0.25, 0.3) is 0 Å². The number of aromatic hydroxyl groups is 3. The molecule has 0 saturated carbocycles. The number of allylic oxidation sites excluding steroid dienone is 4. The number of hydrogen-bond donors (Lipinski definition) is 3. The minimum atomic E-state index is -0.137.